The highest BCUT2D eigenvalue weighted by Gasteiger charge is 2.26. The number of pyridine rings is 4. The SMILES string of the molecule is N#Cc1ccc(-c2cccc(-n3c4ccccc4c4c5c(ccc43)oc3ccccc35)c2)cn1.N#Cc1ccncc1-c1cccc(-n2c3ccccc3c3c4c(ccc32)oc2ccccc24)c1.N#Cc1cncc(-c2cccc(-n3c4ccccc4c4c5c(ccc43)oc3ccccc35)c2)c1.N#Cc1ncccc1-c1cccc(-n2c3ccccc3c3c4c(ccc32)oc2ccccc24)c1. The fourth-order valence-electron chi connectivity index (χ4n) is 20.2. The van der Waals surface area contributed by atoms with Crippen molar-refractivity contribution in [3.63, 3.8) is 0 Å². The molecule has 0 N–H and O–H groups in total. The van der Waals surface area contributed by atoms with Crippen molar-refractivity contribution in [2.45, 2.75) is 0 Å². The van der Waals surface area contributed by atoms with Crippen LogP contribution in [0.5, 0.6) is 0 Å². The number of hydrogen-bond donors (Lipinski definition) is 0. The number of hydrogen-bond acceptors (Lipinski definition) is 12. The second-order valence-electron chi connectivity index (χ2n) is 33.5. The third kappa shape index (κ3) is 12.9. The standard InChI is InChI=1S/4C30H17N3O/c31-18-24-21(11-6-16-32-24)19-7-5-8-20(17-19)33-25-12-3-1-9-22(25)29-26(33)14-15-28-30(29)23-10-2-4-13-27(23)34-28;31-16-19-14-21(18-32-17-19)20-6-5-7-22(15-20)33-25-10-3-1-8-23(25)29-26(33)12-13-28-30(29)24-9-2-4-11-27(24)34-28;31-17-20-14-15-32-18-24(20)19-6-5-7-21(16-19)33-25-10-3-1-8-22(25)29-26(33)12-13-28-30(29)23-9-2-4-11-27(23)34-28;31-17-21-13-12-20(18-32-21)19-6-5-7-22(16-19)33-25-10-3-1-8-23(25)29-26(33)14-15-28-30(29)24-9-2-4-11-27(24)34-28/h1-17H;1-15,17-18H;2*1-16,18H. The normalized spacial score (nSPS) is 11.5. The van der Waals surface area contributed by atoms with E-state index >= 15 is 0 Å². The molecule has 136 heavy (non-hydrogen) atoms. The molecule has 16 aromatic carbocycles. The van der Waals surface area contributed by atoms with Crippen molar-refractivity contribution in [2.24, 2.45) is 0 Å². The van der Waals surface area contributed by atoms with Gasteiger partial charge in [-0.25, -0.2) is 9.97 Å². The molecule has 0 fully saturated rings. The first-order chi connectivity index (χ1) is 67.3. The second-order valence-corrected chi connectivity index (χ2v) is 33.5. The van der Waals surface area contributed by atoms with E-state index in [9.17, 15) is 15.8 Å². The molecule has 632 valence electrons. The first kappa shape index (κ1) is 78.7. The van der Waals surface area contributed by atoms with Crippen LogP contribution < -0.4 is 0 Å². The van der Waals surface area contributed by atoms with Gasteiger partial charge in [0, 0.05) is 168 Å². The molecule has 0 atom stereocenters. The van der Waals surface area contributed by atoms with E-state index in [4.69, 9.17) is 22.9 Å². The van der Waals surface area contributed by atoms with Gasteiger partial charge in [0.15, 0.2) is 0 Å². The molecule has 0 saturated heterocycles. The molecule has 16 nitrogen and oxygen atoms in total. The molecule has 28 rings (SSSR count). The number of fused-ring (bicyclic) bond motifs is 28. The van der Waals surface area contributed by atoms with Crippen LogP contribution in [-0.4, -0.2) is 38.2 Å². The molecule has 28 aromatic rings. The lowest BCUT2D eigenvalue weighted by atomic mass is 10.0. The van der Waals surface area contributed by atoms with Crippen molar-refractivity contribution in [1.82, 2.24) is 38.2 Å². The summed E-state index contributed by atoms with van der Waals surface area (Å²) in [5, 5.41) is 56.1. The van der Waals surface area contributed by atoms with Gasteiger partial charge in [0.05, 0.1) is 61.3 Å². The number of nitrogens with zero attached hydrogens (tertiary/aromatic N) is 12. The van der Waals surface area contributed by atoms with Crippen molar-refractivity contribution < 1.29 is 17.7 Å². The maximum Gasteiger partial charge on any atom is 0.148 e. The van der Waals surface area contributed by atoms with Gasteiger partial charge in [0.1, 0.15) is 74.3 Å². The zero-order chi connectivity index (χ0) is 90.6. The molecule has 0 saturated carbocycles. The van der Waals surface area contributed by atoms with Crippen LogP contribution in [0.3, 0.4) is 0 Å². The molecule has 12 aromatic heterocycles. The number of furan rings is 4. The Balaban J connectivity index is 0.0000000965. The molecule has 0 unspecified atom stereocenters. The highest BCUT2D eigenvalue weighted by Crippen LogP contribution is 2.48. The highest BCUT2D eigenvalue weighted by molar-refractivity contribution is 6.31. The first-order valence-corrected chi connectivity index (χ1v) is 44.5. The molecular formula is C120H68N12O4. The number of para-hydroxylation sites is 8. The number of rotatable bonds is 8. The quantitative estimate of drug-likeness (QED) is 0.139. The summed E-state index contributed by atoms with van der Waals surface area (Å²) >= 11 is 0. The van der Waals surface area contributed by atoms with Gasteiger partial charge in [-0.1, -0.05) is 194 Å². The van der Waals surface area contributed by atoms with Crippen LogP contribution in [0, 0.1) is 45.3 Å². The van der Waals surface area contributed by atoms with Gasteiger partial charge in [-0.05, 0) is 204 Å². The number of aromatic nitrogens is 8. The van der Waals surface area contributed by atoms with Gasteiger partial charge < -0.3 is 35.9 Å². The zero-order valence-electron chi connectivity index (χ0n) is 72.3. The van der Waals surface area contributed by atoms with E-state index in [0.29, 0.717) is 22.5 Å². The van der Waals surface area contributed by atoms with Crippen LogP contribution in [0.2, 0.25) is 0 Å². The summed E-state index contributed by atoms with van der Waals surface area (Å²) in [5.74, 6) is 0. The Labute approximate surface area is 774 Å². The minimum Gasteiger partial charge on any atom is -0.456 e. The van der Waals surface area contributed by atoms with Crippen molar-refractivity contribution in [3.8, 4) is 91.5 Å². The van der Waals surface area contributed by atoms with Gasteiger partial charge in [-0.3, -0.25) is 9.97 Å². The van der Waals surface area contributed by atoms with Crippen molar-refractivity contribution in [3.05, 3.63) is 436 Å². The van der Waals surface area contributed by atoms with Crippen molar-refractivity contribution in [2.75, 3.05) is 0 Å². The molecule has 16 heteroatoms. The Morgan fingerprint density at radius 1 is 0.213 bits per heavy atom. The van der Waals surface area contributed by atoms with E-state index in [1.807, 2.05) is 97.1 Å². The molecule has 12 heterocycles. The van der Waals surface area contributed by atoms with Crippen LogP contribution in [0.4, 0.5) is 0 Å². The van der Waals surface area contributed by atoms with E-state index < -0.39 is 0 Å². The second kappa shape index (κ2) is 32.3. The van der Waals surface area contributed by atoms with Gasteiger partial charge in [-0.2, -0.15) is 21.0 Å². The largest absolute Gasteiger partial charge is 0.456 e. The molecule has 0 aliphatic carbocycles. The highest BCUT2D eigenvalue weighted by atomic mass is 16.3. The Morgan fingerprint density at radius 3 is 0.971 bits per heavy atom. The maximum atomic E-state index is 9.59. The Kier molecular flexibility index (Phi) is 18.7. The Morgan fingerprint density at radius 2 is 0.588 bits per heavy atom. The van der Waals surface area contributed by atoms with Gasteiger partial charge in [0.25, 0.3) is 0 Å². The summed E-state index contributed by atoms with van der Waals surface area (Å²) in [7, 11) is 0. The molecule has 0 bridgehead atoms. The molecule has 0 aliphatic rings. The van der Waals surface area contributed by atoms with Crippen LogP contribution in [0.1, 0.15) is 22.5 Å². The summed E-state index contributed by atoms with van der Waals surface area (Å²) in [4.78, 5) is 17.0. The topological polar surface area (TPSA) is 219 Å². The molecular weight excluding hydrogens is 1670 g/mol. The summed E-state index contributed by atoms with van der Waals surface area (Å²) in [6.07, 6.45) is 10.2. The third-order valence-electron chi connectivity index (χ3n) is 26.0. The fraction of sp³-hybridized carbons (Fsp3) is 0. The number of nitriles is 4. The number of benzene rings is 16. The van der Waals surface area contributed by atoms with E-state index in [1.54, 1.807) is 49.3 Å². The lowest BCUT2D eigenvalue weighted by Gasteiger charge is -2.11. The lowest BCUT2D eigenvalue weighted by molar-refractivity contribution is 0.669. The summed E-state index contributed by atoms with van der Waals surface area (Å²) < 4.78 is 33.9. The molecule has 0 radical (unpaired) electrons. The van der Waals surface area contributed by atoms with Crippen molar-refractivity contribution in [1.29, 1.82) is 21.0 Å². The summed E-state index contributed by atoms with van der Waals surface area (Å²) in [5.41, 5.74) is 29.9. The summed E-state index contributed by atoms with van der Waals surface area (Å²) in [6.45, 7) is 0. The average Bonchev–Trinajstić information content (AvgIpc) is 1.57. The monoisotopic (exact) mass is 1740 g/mol. The smallest absolute Gasteiger partial charge is 0.148 e. The van der Waals surface area contributed by atoms with Gasteiger partial charge >= 0.3 is 0 Å². The zero-order valence-corrected chi connectivity index (χ0v) is 72.3. The lowest BCUT2D eigenvalue weighted by Crippen LogP contribution is -1.95. The molecule has 0 spiro atoms. The minimum absolute atomic E-state index is 0.415. The van der Waals surface area contributed by atoms with Crippen LogP contribution in [0.15, 0.2) is 431 Å². The predicted molar refractivity (Wildman–Crippen MR) is 544 cm³/mol. The maximum absolute atomic E-state index is 9.59. The van der Waals surface area contributed by atoms with Gasteiger partial charge in [0.2, 0.25) is 0 Å². The first-order valence-electron chi connectivity index (χ1n) is 44.5. The van der Waals surface area contributed by atoms with Crippen LogP contribution in [0.25, 0.3) is 242 Å². The van der Waals surface area contributed by atoms with Crippen LogP contribution >= 0.6 is 0 Å². The molecule has 0 amide bonds. The summed E-state index contributed by atoms with van der Waals surface area (Å²) in [6, 6.07) is 137. The van der Waals surface area contributed by atoms with Gasteiger partial charge in [-0.15, -0.1) is 0 Å². The van der Waals surface area contributed by atoms with E-state index in [-0.39, 0.29) is 0 Å². The molecule has 0 aliphatic heterocycles. The van der Waals surface area contributed by atoms with Crippen LogP contribution in [-0.2, 0) is 0 Å². The van der Waals surface area contributed by atoms with E-state index in [0.717, 1.165) is 199 Å². The minimum atomic E-state index is 0.415. The fourth-order valence-corrected chi connectivity index (χ4v) is 20.2. The average molecular weight is 1740 g/mol. The predicted octanol–water partition coefficient (Wildman–Crippen LogP) is 30.5. The van der Waals surface area contributed by atoms with E-state index in [2.05, 4.69) is 329 Å². The Bertz CT molecular complexity index is 9720. The van der Waals surface area contributed by atoms with Crippen molar-refractivity contribution >= 4 is 175 Å². The third-order valence-corrected chi connectivity index (χ3v) is 26.0. The Hall–Kier alpha value is -19.5. The van der Waals surface area contributed by atoms with E-state index in [1.165, 1.54) is 43.1 Å².